The highest BCUT2D eigenvalue weighted by atomic mass is 16.3. The molecule has 3 N–H and O–H groups in total. The molecule has 0 bridgehead atoms. The summed E-state index contributed by atoms with van der Waals surface area (Å²) in [6.45, 7) is -0.0928. The van der Waals surface area contributed by atoms with Crippen molar-refractivity contribution in [3.8, 4) is 5.75 Å². The number of hydrogen-bond acceptors (Lipinski definition) is 4. The lowest BCUT2D eigenvalue weighted by atomic mass is 10.1. The van der Waals surface area contributed by atoms with Crippen LogP contribution in [0.1, 0.15) is 10.4 Å². The molecule has 0 atom stereocenters. The maximum absolute atomic E-state index is 11.3. The molecule has 0 amide bonds. The van der Waals surface area contributed by atoms with Crippen LogP contribution >= 0.6 is 0 Å². The van der Waals surface area contributed by atoms with Crippen molar-refractivity contribution in [2.75, 3.05) is 25.5 Å². The highest BCUT2D eigenvalue weighted by molar-refractivity contribution is 6.00. The van der Waals surface area contributed by atoms with E-state index in [0.29, 0.717) is 0 Å². The third kappa shape index (κ3) is 2.03. The Morgan fingerprint density at radius 2 is 2.14 bits per heavy atom. The van der Waals surface area contributed by atoms with Gasteiger partial charge in [0.05, 0.1) is 12.1 Å². The van der Waals surface area contributed by atoms with E-state index in [0.717, 1.165) is 5.69 Å². The molecule has 0 unspecified atom stereocenters. The zero-order valence-corrected chi connectivity index (χ0v) is 8.32. The first-order chi connectivity index (χ1) is 6.56. The molecule has 0 aliphatic carbocycles. The number of phenols is 1. The molecular formula is C10H14N2O2. The Morgan fingerprint density at radius 1 is 1.50 bits per heavy atom. The Kier molecular flexibility index (Phi) is 3.09. The third-order valence-corrected chi connectivity index (χ3v) is 1.98. The monoisotopic (exact) mass is 194 g/mol. The molecule has 0 aromatic heterocycles. The summed E-state index contributed by atoms with van der Waals surface area (Å²) >= 11 is 0. The quantitative estimate of drug-likeness (QED) is 0.691. The second kappa shape index (κ2) is 4.11. The summed E-state index contributed by atoms with van der Waals surface area (Å²) in [5.74, 6) is -0.280. The number of benzene rings is 1. The van der Waals surface area contributed by atoms with Crippen molar-refractivity contribution in [3.63, 3.8) is 0 Å². The van der Waals surface area contributed by atoms with Gasteiger partial charge in [0.15, 0.2) is 5.78 Å². The average Bonchev–Trinajstić information content (AvgIpc) is 2.17. The van der Waals surface area contributed by atoms with Crippen molar-refractivity contribution < 1.29 is 9.90 Å². The fraction of sp³-hybridized carbons (Fsp3) is 0.300. The fourth-order valence-corrected chi connectivity index (χ4v) is 1.14. The van der Waals surface area contributed by atoms with Gasteiger partial charge < -0.3 is 15.7 Å². The number of carbonyl (C=O) groups is 1. The molecule has 0 radical (unpaired) electrons. The van der Waals surface area contributed by atoms with E-state index in [9.17, 15) is 9.90 Å². The molecule has 0 saturated heterocycles. The highest BCUT2D eigenvalue weighted by Crippen LogP contribution is 2.22. The molecule has 0 aliphatic heterocycles. The Hall–Kier alpha value is -1.55. The van der Waals surface area contributed by atoms with E-state index in [1.54, 1.807) is 12.1 Å². The second-order valence-corrected chi connectivity index (χ2v) is 3.22. The van der Waals surface area contributed by atoms with E-state index in [1.165, 1.54) is 6.07 Å². The van der Waals surface area contributed by atoms with E-state index in [-0.39, 0.29) is 23.6 Å². The molecule has 0 heterocycles. The van der Waals surface area contributed by atoms with Gasteiger partial charge in [-0.2, -0.15) is 0 Å². The minimum absolute atomic E-state index is 0.0222. The Morgan fingerprint density at radius 3 is 2.64 bits per heavy atom. The number of phenolic OH excluding ortho intramolecular Hbond substituents is 1. The molecule has 0 aliphatic rings. The SMILES string of the molecule is CN(C)c1ccc(O)c(C(=O)CN)c1. The van der Waals surface area contributed by atoms with E-state index in [4.69, 9.17) is 5.73 Å². The third-order valence-electron chi connectivity index (χ3n) is 1.98. The topological polar surface area (TPSA) is 66.6 Å². The first kappa shape index (κ1) is 10.5. The van der Waals surface area contributed by atoms with Gasteiger partial charge in [0.1, 0.15) is 5.75 Å². The largest absolute Gasteiger partial charge is 0.507 e. The minimum Gasteiger partial charge on any atom is -0.507 e. The number of aromatic hydroxyl groups is 1. The van der Waals surface area contributed by atoms with Crippen LogP contribution in [0, 0.1) is 0 Å². The molecular weight excluding hydrogens is 180 g/mol. The summed E-state index contributed by atoms with van der Waals surface area (Å²) < 4.78 is 0. The molecule has 1 aromatic carbocycles. The zero-order chi connectivity index (χ0) is 10.7. The number of Topliss-reactive ketones (excluding diaryl/α,β-unsaturated/α-hetero) is 1. The highest BCUT2D eigenvalue weighted by Gasteiger charge is 2.10. The van der Waals surface area contributed by atoms with Crippen LogP contribution in [0.15, 0.2) is 18.2 Å². The van der Waals surface area contributed by atoms with Gasteiger partial charge >= 0.3 is 0 Å². The lowest BCUT2D eigenvalue weighted by Crippen LogP contribution is -2.15. The van der Waals surface area contributed by atoms with Gasteiger partial charge in [-0.05, 0) is 18.2 Å². The minimum atomic E-state index is -0.258. The van der Waals surface area contributed by atoms with Gasteiger partial charge in [0, 0.05) is 19.8 Å². The van der Waals surface area contributed by atoms with Gasteiger partial charge in [0.2, 0.25) is 0 Å². The summed E-state index contributed by atoms with van der Waals surface area (Å²) in [5.41, 5.74) is 6.36. The van der Waals surface area contributed by atoms with E-state index < -0.39 is 0 Å². The smallest absolute Gasteiger partial charge is 0.180 e. The van der Waals surface area contributed by atoms with Gasteiger partial charge in [-0.1, -0.05) is 0 Å². The summed E-state index contributed by atoms with van der Waals surface area (Å²) in [6.07, 6.45) is 0. The van der Waals surface area contributed by atoms with Crippen LogP contribution < -0.4 is 10.6 Å². The number of rotatable bonds is 3. The number of nitrogens with zero attached hydrogens (tertiary/aromatic N) is 1. The number of ketones is 1. The predicted molar refractivity (Wildman–Crippen MR) is 55.8 cm³/mol. The lowest BCUT2D eigenvalue weighted by Gasteiger charge is -2.13. The van der Waals surface area contributed by atoms with E-state index in [1.807, 2.05) is 19.0 Å². The second-order valence-electron chi connectivity index (χ2n) is 3.22. The van der Waals surface area contributed by atoms with Crippen LogP contribution in [0.3, 0.4) is 0 Å². The molecule has 4 nitrogen and oxygen atoms in total. The molecule has 0 fully saturated rings. The van der Waals surface area contributed by atoms with Gasteiger partial charge in [-0.3, -0.25) is 4.79 Å². The average molecular weight is 194 g/mol. The fourth-order valence-electron chi connectivity index (χ4n) is 1.14. The number of nitrogens with two attached hydrogens (primary N) is 1. The maximum atomic E-state index is 11.3. The van der Waals surface area contributed by atoms with Crippen LogP contribution in [0.5, 0.6) is 5.75 Å². The molecule has 0 saturated carbocycles. The summed E-state index contributed by atoms with van der Waals surface area (Å²) in [5, 5.41) is 9.42. The molecule has 0 spiro atoms. The summed E-state index contributed by atoms with van der Waals surface area (Å²) in [7, 11) is 3.73. The van der Waals surface area contributed by atoms with Gasteiger partial charge in [0.25, 0.3) is 0 Å². The van der Waals surface area contributed by atoms with Crippen molar-refractivity contribution in [2.45, 2.75) is 0 Å². The van der Waals surface area contributed by atoms with Crippen molar-refractivity contribution >= 4 is 11.5 Å². The van der Waals surface area contributed by atoms with Crippen molar-refractivity contribution in [1.29, 1.82) is 0 Å². The molecule has 4 heteroatoms. The summed E-state index contributed by atoms with van der Waals surface area (Å²) in [4.78, 5) is 13.2. The Labute approximate surface area is 82.9 Å². The van der Waals surface area contributed by atoms with Crippen molar-refractivity contribution in [1.82, 2.24) is 0 Å². The van der Waals surface area contributed by atoms with E-state index in [2.05, 4.69) is 0 Å². The van der Waals surface area contributed by atoms with Crippen molar-refractivity contribution in [3.05, 3.63) is 23.8 Å². The van der Waals surface area contributed by atoms with Crippen molar-refractivity contribution in [2.24, 2.45) is 5.73 Å². The standard InChI is InChI=1S/C10H14N2O2/c1-12(2)7-3-4-9(13)8(5-7)10(14)6-11/h3-5,13H,6,11H2,1-2H3. The molecule has 1 aromatic rings. The molecule has 14 heavy (non-hydrogen) atoms. The van der Waals surface area contributed by atoms with Gasteiger partial charge in [-0.25, -0.2) is 0 Å². The van der Waals surface area contributed by atoms with E-state index >= 15 is 0 Å². The Balaban J connectivity index is 3.15. The summed E-state index contributed by atoms with van der Waals surface area (Å²) in [6, 6.07) is 4.87. The predicted octanol–water partition coefficient (Wildman–Crippen LogP) is 0.600. The first-order valence-electron chi connectivity index (χ1n) is 4.30. The van der Waals surface area contributed by atoms with Crippen LogP contribution in [-0.2, 0) is 0 Å². The molecule has 1 rings (SSSR count). The van der Waals surface area contributed by atoms with Gasteiger partial charge in [-0.15, -0.1) is 0 Å². The van der Waals surface area contributed by atoms with Crippen LogP contribution in [0.2, 0.25) is 0 Å². The number of carbonyl (C=O) groups excluding carboxylic acids is 1. The maximum Gasteiger partial charge on any atom is 0.180 e. The normalized spacial score (nSPS) is 9.93. The molecule has 76 valence electrons. The zero-order valence-electron chi connectivity index (χ0n) is 8.32. The first-order valence-corrected chi connectivity index (χ1v) is 4.30. The van der Waals surface area contributed by atoms with Crippen LogP contribution in [0.4, 0.5) is 5.69 Å². The van der Waals surface area contributed by atoms with Crippen LogP contribution in [0.25, 0.3) is 0 Å². The van der Waals surface area contributed by atoms with Crippen LogP contribution in [-0.4, -0.2) is 31.5 Å². The number of hydrogen-bond donors (Lipinski definition) is 2. The lowest BCUT2D eigenvalue weighted by molar-refractivity contribution is 0.0999. The Bertz CT molecular complexity index is 348. The number of anilines is 1.